The molecule has 0 saturated heterocycles. The van der Waals surface area contributed by atoms with Crippen LogP contribution in [0.1, 0.15) is 54.6 Å². The largest absolute Gasteiger partial charge is 0.355 e. The molecule has 7 N–H and O–H groups in total. The van der Waals surface area contributed by atoms with Crippen molar-refractivity contribution >= 4 is 56.6 Å². The van der Waals surface area contributed by atoms with Gasteiger partial charge in [0.15, 0.2) is 0 Å². The zero-order chi connectivity index (χ0) is 27.3. The maximum Gasteiger partial charge on any atom is 0.272 e. The molecular weight excluding hydrogens is 544 g/mol. The standard InChI is InChI=1S/C24H25BrN8O4/c1-11-16(9-28-18(11)22(35)27-7-5-6-26)32-24(37)20-13(3)17(10-30-20)33-23(36)19-12(2)15(8-29-19)31-21(34)14(4)25/h8-10,28-30H,4-5,7H2,1-3H3,(H,27,35)(H,31,34)(H,32,37)(H,33,36). The first-order valence-corrected chi connectivity index (χ1v) is 11.8. The van der Waals surface area contributed by atoms with Crippen molar-refractivity contribution in [2.45, 2.75) is 27.2 Å². The van der Waals surface area contributed by atoms with Gasteiger partial charge in [-0.25, -0.2) is 0 Å². The lowest BCUT2D eigenvalue weighted by molar-refractivity contribution is -0.112. The van der Waals surface area contributed by atoms with Crippen LogP contribution < -0.4 is 21.3 Å². The van der Waals surface area contributed by atoms with E-state index in [0.29, 0.717) is 33.8 Å². The molecule has 3 aromatic heterocycles. The lowest BCUT2D eigenvalue weighted by Crippen LogP contribution is -2.25. The lowest BCUT2D eigenvalue weighted by atomic mass is 10.2. The molecule has 0 radical (unpaired) electrons. The van der Waals surface area contributed by atoms with E-state index in [4.69, 9.17) is 5.26 Å². The molecular formula is C24H25BrN8O4. The fourth-order valence-corrected chi connectivity index (χ4v) is 3.56. The molecule has 0 atom stereocenters. The third-order valence-electron chi connectivity index (χ3n) is 5.61. The molecule has 0 aliphatic carbocycles. The van der Waals surface area contributed by atoms with E-state index in [2.05, 4.69) is 58.7 Å². The number of hydrogen-bond acceptors (Lipinski definition) is 5. The van der Waals surface area contributed by atoms with Crippen molar-refractivity contribution in [3.63, 3.8) is 0 Å². The predicted molar refractivity (Wildman–Crippen MR) is 142 cm³/mol. The van der Waals surface area contributed by atoms with Crippen molar-refractivity contribution in [2.75, 3.05) is 22.5 Å². The molecule has 0 fully saturated rings. The summed E-state index contributed by atoms with van der Waals surface area (Å²) in [6.45, 7) is 8.76. The quantitative estimate of drug-likeness (QED) is 0.153. The van der Waals surface area contributed by atoms with Crippen LogP contribution in [0.5, 0.6) is 0 Å². The SMILES string of the molecule is C=C(Br)C(=O)Nc1c[nH]c(C(=O)Nc2c[nH]c(C(=O)Nc3c[nH]c(C(=O)NCCC#N)c3C)c2C)c1C. The average Bonchev–Trinajstić information content (AvgIpc) is 3.51. The summed E-state index contributed by atoms with van der Waals surface area (Å²) < 4.78 is 0.151. The number of aromatic nitrogens is 3. The Morgan fingerprint density at radius 3 is 1.62 bits per heavy atom. The zero-order valence-corrected chi connectivity index (χ0v) is 21.9. The van der Waals surface area contributed by atoms with Crippen LogP contribution in [0, 0.1) is 32.1 Å². The van der Waals surface area contributed by atoms with E-state index >= 15 is 0 Å². The Hall–Kier alpha value is -4.57. The second-order valence-electron chi connectivity index (χ2n) is 8.04. The molecule has 3 rings (SSSR count). The van der Waals surface area contributed by atoms with E-state index in [1.165, 1.54) is 18.6 Å². The fourth-order valence-electron chi connectivity index (χ4n) is 3.46. The highest BCUT2D eigenvalue weighted by Gasteiger charge is 2.21. The summed E-state index contributed by atoms with van der Waals surface area (Å²) >= 11 is 3.01. The molecule has 0 bridgehead atoms. The van der Waals surface area contributed by atoms with Crippen molar-refractivity contribution in [1.82, 2.24) is 20.3 Å². The molecule has 3 heterocycles. The third kappa shape index (κ3) is 5.99. The number of nitriles is 1. The van der Waals surface area contributed by atoms with Crippen molar-refractivity contribution in [3.8, 4) is 6.07 Å². The number of H-pyrrole nitrogens is 3. The maximum atomic E-state index is 12.9. The number of amides is 4. The summed E-state index contributed by atoms with van der Waals surface area (Å²) in [4.78, 5) is 58.4. The summed E-state index contributed by atoms with van der Waals surface area (Å²) in [5.41, 5.74) is 3.55. The van der Waals surface area contributed by atoms with Crippen LogP contribution in [0.4, 0.5) is 17.1 Å². The second-order valence-corrected chi connectivity index (χ2v) is 9.00. The van der Waals surface area contributed by atoms with Crippen LogP contribution in [0.15, 0.2) is 29.7 Å². The van der Waals surface area contributed by atoms with Crippen LogP contribution in [-0.2, 0) is 4.79 Å². The highest BCUT2D eigenvalue weighted by molar-refractivity contribution is 9.12. The molecule has 192 valence electrons. The van der Waals surface area contributed by atoms with Gasteiger partial charge in [0.1, 0.15) is 17.1 Å². The number of nitrogens with zero attached hydrogens (tertiary/aromatic N) is 1. The monoisotopic (exact) mass is 568 g/mol. The van der Waals surface area contributed by atoms with Crippen LogP contribution in [0.3, 0.4) is 0 Å². The van der Waals surface area contributed by atoms with E-state index in [0.717, 1.165) is 0 Å². The van der Waals surface area contributed by atoms with Crippen molar-refractivity contribution in [3.05, 3.63) is 63.4 Å². The Balaban J connectivity index is 1.69. The van der Waals surface area contributed by atoms with E-state index < -0.39 is 17.7 Å². The predicted octanol–water partition coefficient (Wildman–Crippen LogP) is 3.59. The number of carbonyl (C=O) groups is 4. The minimum absolute atomic E-state index is 0.151. The minimum atomic E-state index is -0.465. The molecule has 0 aliphatic heterocycles. The zero-order valence-electron chi connectivity index (χ0n) is 20.3. The number of aromatic amines is 3. The number of hydrogen-bond donors (Lipinski definition) is 7. The Morgan fingerprint density at radius 2 is 1.22 bits per heavy atom. The number of nitrogens with one attached hydrogen (secondary N) is 7. The van der Waals surface area contributed by atoms with Gasteiger partial charge in [-0.2, -0.15) is 5.26 Å². The molecule has 0 spiro atoms. The normalized spacial score (nSPS) is 10.4. The second kappa shape index (κ2) is 11.4. The molecule has 4 amide bonds. The number of anilines is 3. The van der Waals surface area contributed by atoms with Crippen LogP contribution in [0.25, 0.3) is 0 Å². The van der Waals surface area contributed by atoms with Crippen LogP contribution in [-0.4, -0.2) is 45.1 Å². The van der Waals surface area contributed by atoms with Crippen LogP contribution in [0.2, 0.25) is 0 Å². The molecule has 37 heavy (non-hydrogen) atoms. The number of halogens is 1. The van der Waals surface area contributed by atoms with E-state index in [9.17, 15) is 19.2 Å². The number of rotatable bonds is 9. The molecule has 12 nitrogen and oxygen atoms in total. The molecule has 0 saturated carbocycles. The minimum Gasteiger partial charge on any atom is -0.355 e. The first kappa shape index (κ1) is 27.0. The Kier molecular flexibility index (Phi) is 8.36. The Bertz CT molecular complexity index is 1440. The van der Waals surface area contributed by atoms with Gasteiger partial charge in [0.05, 0.1) is 34.0 Å². The lowest BCUT2D eigenvalue weighted by Gasteiger charge is -2.07. The smallest absolute Gasteiger partial charge is 0.272 e. The van der Waals surface area contributed by atoms with Gasteiger partial charge < -0.3 is 36.2 Å². The number of carbonyl (C=O) groups excluding carboxylic acids is 4. The highest BCUT2D eigenvalue weighted by atomic mass is 79.9. The first-order chi connectivity index (χ1) is 17.5. The Labute approximate surface area is 220 Å². The molecule has 0 aromatic carbocycles. The summed E-state index contributed by atoms with van der Waals surface area (Å²) in [5, 5.41) is 19.3. The van der Waals surface area contributed by atoms with Gasteiger partial charge in [-0.05, 0) is 36.7 Å². The topological polar surface area (TPSA) is 188 Å². The molecule has 0 unspecified atom stereocenters. The maximum absolute atomic E-state index is 12.9. The Morgan fingerprint density at radius 1 is 0.811 bits per heavy atom. The third-order valence-corrected chi connectivity index (χ3v) is 5.97. The molecule has 13 heteroatoms. The van der Waals surface area contributed by atoms with Crippen molar-refractivity contribution in [2.24, 2.45) is 0 Å². The first-order valence-electron chi connectivity index (χ1n) is 11.0. The average molecular weight is 569 g/mol. The summed E-state index contributed by atoms with van der Waals surface area (Å²) in [6, 6.07) is 1.95. The molecule has 3 aromatic rings. The van der Waals surface area contributed by atoms with Crippen molar-refractivity contribution in [1.29, 1.82) is 5.26 Å². The van der Waals surface area contributed by atoms with Gasteiger partial charge in [0, 0.05) is 41.8 Å². The van der Waals surface area contributed by atoms with Crippen molar-refractivity contribution < 1.29 is 19.2 Å². The van der Waals surface area contributed by atoms with Gasteiger partial charge >= 0.3 is 0 Å². The van der Waals surface area contributed by atoms with Crippen LogP contribution >= 0.6 is 15.9 Å². The van der Waals surface area contributed by atoms with Gasteiger partial charge in [0.2, 0.25) is 0 Å². The van der Waals surface area contributed by atoms with E-state index in [1.807, 2.05) is 6.07 Å². The fraction of sp³-hybridized carbons (Fsp3) is 0.208. The van der Waals surface area contributed by atoms with Gasteiger partial charge in [-0.15, -0.1) is 0 Å². The van der Waals surface area contributed by atoms with Gasteiger partial charge in [0.25, 0.3) is 23.6 Å². The summed E-state index contributed by atoms with van der Waals surface area (Å²) in [7, 11) is 0. The van der Waals surface area contributed by atoms with E-state index in [1.54, 1.807) is 20.8 Å². The van der Waals surface area contributed by atoms with Gasteiger partial charge in [-0.3, -0.25) is 19.2 Å². The summed E-state index contributed by atoms with van der Waals surface area (Å²) in [6.07, 6.45) is 4.69. The molecule has 0 aliphatic rings. The van der Waals surface area contributed by atoms with E-state index in [-0.39, 0.29) is 40.4 Å². The van der Waals surface area contributed by atoms with Gasteiger partial charge in [-0.1, -0.05) is 6.58 Å². The highest BCUT2D eigenvalue weighted by Crippen LogP contribution is 2.25. The summed E-state index contributed by atoms with van der Waals surface area (Å²) in [5.74, 6) is -1.74.